The first-order valence-electron chi connectivity index (χ1n) is 7.12. The van der Waals surface area contributed by atoms with Crippen molar-refractivity contribution in [3.05, 3.63) is 35.5 Å². The van der Waals surface area contributed by atoms with Crippen LogP contribution in [0.25, 0.3) is 10.9 Å². The summed E-state index contributed by atoms with van der Waals surface area (Å²) < 4.78 is 14.1. The zero-order chi connectivity index (χ0) is 14.3. The van der Waals surface area contributed by atoms with Gasteiger partial charge in [0.25, 0.3) is 0 Å². The third kappa shape index (κ3) is 2.34. The van der Waals surface area contributed by atoms with Gasteiger partial charge < -0.3 is 10.1 Å². The lowest BCUT2D eigenvalue weighted by Gasteiger charge is -2.36. The highest BCUT2D eigenvalue weighted by Gasteiger charge is 2.32. The molecular formula is C16H21FN2O. The van der Waals surface area contributed by atoms with E-state index < -0.39 is 12.3 Å². The Bertz CT molecular complexity index is 620. The van der Waals surface area contributed by atoms with E-state index in [1.165, 1.54) is 23.6 Å². The van der Waals surface area contributed by atoms with E-state index in [4.69, 9.17) is 5.11 Å². The number of nitrogens with zero attached hydrogens (tertiary/aromatic N) is 1. The molecule has 1 unspecified atom stereocenters. The van der Waals surface area contributed by atoms with Crippen molar-refractivity contribution >= 4 is 10.9 Å². The van der Waals surface area contributed by atoms with Crippen molar-refractivity contribution in [3.8, 4) is 0 Å². The molecule has 0 fully saturated rings. The van der Waals surface area contributed by atoms with Crippen molar-refractivity contribution in [2.75, 3.05) is 13.2 Å². The predicted molar refractivity (Wildman–Crippen MR) is 78.5 cm³/mol. The van der Waals surface area contributed by atoms with Crippen LogP contribution in [0.4, 0.5) is 4.39 Å². The van der Waals surface area contributed by atoms with Gasteiger partial charge in [-0.1, -0.05) is 18.2 Å². The fourth-order valence-electron chi connectivity index (χ4n) is 3.09. The molecule has 1 aliphatic heterocycles. The van der Waals surface area contributed by atoms with Crippen molar-refractivity contribution in [2.24, 2.45) is 0 Å². The highest BCUT2D eigenvalue weighted by molar-refractivity contribution is 5.84. The van der Waals surface area contributed by atoms with Gasteiger partial charge in [0.1, 0.15) is 5.67 Å². The van der Waals surface area contributed by atoms with Crippen LogP contribution in [0.1, 0.15) is 25.1 Å². The summed E-state index contributed by atoms with van der Waals surface area (Å²) in [6.45, 7) is 4.12. The summed E-state index contributed by atoms with van der Waals surface area (Å²) >= 11 is 0. The van der Waals surface area contributed by atoms with Gasteiger partial charge in [-0.05, 0) is 31.9 Å². The molecule has 0 saturated heterocycles. The molecule has 1 aromatic carbocycles. The number of halogens is 1. The Hall–Kier alpha value is -1.39. The number of rotatable bonds is 3. The van der Waals surface area contributed by atoms with Gasteiger partial charge in [0, 0.05) is 35.7 Å². The van der Waals surface area contributed by atoms with Gasteiger partial charge in [0.05, 0.1) is 6.61 Å². The van der Waals surface area contributed by atoms with Crippen molar-refractivity contribution < 1.29 is 9.50 Å². The molecule has 1 aliphatic rings. The van der Waals surface area contributed by atoms with Gasteiger partial charge in [0.15, 0.2) is 0 Å². The van der Waals surface area contributed by atoms with Gasteiger partial charge in [-0.2, -0.15) is 0 Å². The Balaban J connectivity index is 1.90. The van der Waals surface area contributed by atoms with Crippen LogP contribution in [-0.4, -0.2) is 39.9 Å². The largest absolute Gasteiger partial charge is 0.393 e. The number of alkyl halides is 1. The molecule has 0 aliphatic carbocycles. The third-order valence-electron chi connectivity index (χ3n) is 4.25. The summed E-state index contributed by atoms with van der Waals surface area (Å²) in [5, 5.41) is 10.4. The first kappa shape index (κ1) is 13.6. The monoisotopic (exact) mass is 276 g/mol. The Kier molecular flexibility index (Phi) is 3.30. The highest BCUT2D eigenvalue weighted by atomic mass is 19.1. The summed E-state index contributed by atoms with van der Waals surface area (Å²) in [6, 6.07) is 8.58. The number of H-pyrrole nitrogens is 1. The van der Waals surface area contributed by atoms with Crippen molar-refractivity contribution in [1.82, 2.24) is 9.88 Å². The van der Waals surface area contributed by atoms with E-state index in [0.29, 0.717) is 6.54 Å². The number of aromatic amines is 1. The number of aliphatic hydroxyl groups excluding tert-OH is 1. The lowest BCUT2D eigenvalue weighted by molar-refractivity contribution is 0.0277. The van der Waals surface area contributed by atoms with Crippen LogP contribution in [0.2, 0.25) is 0 Å². The van der Waals surface area contributed by atoms with Crippen molar-refractivity contribution in [3.63, 3.8) is 0 Å². The Morgan fingerprint density at radius 3 is 2.95 bits per heavy atom. The van der Waals surface area contributed by atoms with Gasteiger partial charge in [-0.15, -0.1) is 0 Å². The van der Waals surface area contributed by atoms with Gasteiger partial charge in [-0.25, -0.2) is 4.39 Å². The molecule has 2 N–H and O–H groups in total. The Labute approximate surface area is 118 Å². The second-order valence-electron chi connectivity index (χ2n) is 6.16. The molecule has 4 heteroatoms. The lowest BCUT2D eigenvalue weighted by Crippen LogP contribution is -2.46. The average molecular weight is 276 g/mol. The zero-order valence-corrected chi connectivity index (χ0v) is 12.0. The minimum atomic E-state index is -1.54. The maximum Gasteiger partial charge on any atom is 0.143 e. The molecule has 2 aromatic rings. The number of nitrogens with one attached hydrogen (secondary N) is 1. The van der Waals surface area contributed by atoms with Gasteiger partial charge >= 0.3 is 0 Å². The molecular weight excluding hydrogens is 255 g/mol. The Morgan fingerprint density at radius 1 is 1.45 bits per heavy atom. The topological polar surface area (TPSA) is 39.3 Å². The predicted octanol–water partition coefficient (Wildman–Crippen LogP) is 2.64. The normalized spacial score (nSPS) is 22.7. The van der Waals surface area contributed by atoms with E-state index in [9.17, 15) is 4.39 Å². The maximum atomic E-state index is 14.1. The SMILES string of the molecule is C[C@@H]1Cc2c([nH]c3ccccc23)CN1CC(C)(F)CO. The maximum absolute atomic E-state index is 14.1. The van der Waals surface area contributed by atoms with E-state index >= 15 is 0 Å². The third-order valence-corrected chi connectivity index (χ3v) is 4.25. The second-order valence-corrected chi connectivity index (χ2v) is 6.16. The standard InChI is InChI=1S/C16H21FN2O/c1-11-7-13-12-5-3-4-6-14(12)18-15(13)8-19(11)9-16(2,17)10-20/h3-6,11,18,20H,7-10H2,1-2H3/t11-,16?/m1/s1. The van der Waals surface area contributed by atoms with E-state index in [1.807, 2.05) is 6.07 Å². The van der Waals surface area contributed by atoms with E-state index in [-0.39, 0.29) is 12.6 Å². The molecule has 0 bridgehead atoms. The van der Waals surface area contributed by atoms with Crippen LogP contribution in [0.15, 0.2) is 24.3 Å². The number of hydrogen-bond donors (Lipinski definition) is 2. The number of hydrogen-bond acceptors (Lipinski definition) is 2. The van der Waals surface area contributed by atoms with E-state index in [0.717, 1.165) is 11.9 Å². The summed E-state index contributed by atoms with van der Waals surface area (Å²) in [4.78, 5) is 5.55. The minimum absolute atomic E-state index is 0.263. The fourth-order valence-corrected chi connectivity index (χ4v) is 3.09. The van der Waals surface area contributed by atoms with Crippen LogP contribution < -0.4 is 0 Å². The summed E-state index contributed by atoms with van der Waals surface area (Å²) in [6.07, 6.45) is 0.918. The number of aliphatic hydroxyl groups is 1. The highest BCUT2D eigenvalue weighted by Crippen LogP contribution is 2.31. The summed E-state index contributed by atoms with van der Waals surface area (Å²) in [5.74, 6) is 0. The molecule has 0 saturated carbocycles. The molecule has 3 nitrogen and oxygen atoms in total. The van der Waals surface area contributed by atoms with Crippen LogP contribution >= 0.6 is 0 Å². The van der Waals surface area contributed by atoms with Crippen molar-refractivity contribution in [2.45, 2.75) is 38.5 Å². The number of fused-ring (bicyclic) bond motifs is 3. The first-order valence-corrected chi connectivity index (χ1v) is 7.12. The molecule has 3 rings (SSSR count). The minimum Gasteiger partial charge on any atom is -0.393 e. The fraction of sp³-hybridized carbons (Fsp3) is 0.500. The van der Waals surface area contributed by atoms with Crippen LogP contribution in [0, 0.1) is 0 Å². The number of para-hydroxylation sites is 1. The molecule has 0 amide bonds. The zero-order valence-electron chi connectivity index (χ0n) is 12.0. The number of aromatic nitrogens is 1. The summed E-state index contributed by atoms with van der Waals surface area (Å²) in [5.41, 5.74) is 2.14. The van der Waals surface area contributed by atoms with E-state index in [2.05, 4.69) is 35.0 Å². The molecule has 108 valence electrons. The molecule has 0 spiro atoms. The summed E-state index contributed by atoms with van der Waals surface area (Å²) in [7, 11) is 0. The van der Waals surface area contributed by atoms with Gasteiger partial charge in [0.2, 0.25) is 0 Å². The molecule has 0 radical (unpaired) electrons. The molecule has 2 heterocycles. The first-order chi connectivity index (χ1) is 9.50. The van der Waals surface area contributed by atoms with Crippen LogP contribution in [-0.2, 0) is 13.0 Å². The van der Waals surface area contributed by atoms with Gasteiger partial charge in [-0.3, -0.25) is 4.90 Å². The number of benzene rings is 1. The van der Waals surface area contributed by atoms with Crippen molar-refractivity contribution in [1.29, 1.82) is 0 Å². The lowest BCUT2D eigenvalue weighted by atomic mass is 9.96. The van der Waals surface area contributed by atoms with E-state index in [1.54, 1.807) is 0 Å². The van der Waals surface area contributed by atoms with Crippen LogP contribution in [0.5, 0.6) is 0 Å². The molecule has 20 heavy (non-hydrogen) atoms. The smallest absolute Gasteiger partial charge is 0.143 e. The quantitative estimate of drug-likeness (QED) is 0.904. The molecule has 1 aromatic heterocycles. The molecule has 2 atom stereocenters. The van der Waals surface area contributed by atoms with Crippen LogP contribution in [0.3, 0.4) is 0 Å². The second kappa shape index (κ2) is 4.86. The average Bonchev–Trinajstić information content (AvgIpc) is 2.77. The Morgan fingerprint density at radius 2 is 2.20 bits per heavy atom.